The maximum atomic E-state index is 13.3. The van der Waals surface area contributed by atoms with Gasteiger partial charge in [-0.15, -0.1) is 0 Å². The van der Waals surface area contributed by atoms with E-state index in [2.05, 4.69) is 24.3 Å². The van der Waals surface area contributed by atoms with Gasteiger partial charge in [0.2, 0.25) is 5.43 Å². The number of pyridine rings is 2. The van der Waals surface area contributed by atoms with Gasteiger partial charge in [0.15, 0.2) is 0 Å². The Labute approximate surface area is 181 Å². The van der Waals surface area contributed by atoms with E-state index < -0.39 is 0 Å². The summed E-state index contributed by atoms with van der Waals surface area (Å²) in [5.74, 6) is 0.268. The first kappa shape index (κ1) is 19.9. The van der Waals surface area contributed by atoms with Crippen LogP contribution in [0.1, 0.15) is 34.1 Å². The Balaban J connectivity index is 1.48. The molecule has 2 aliphatic rings. The molecule has 0 atom stereocenters. The Morgan fingerprint density at radius 3 is 2.48 bits per heavy atom. The molecule has 0 unspecified atom stereocenters. The summed E-state index contributed by atoms with van der Waals surface area (Å²) in [6.07, 6.45) is 4.62. The molecule has 2 aromatic heterocycles. The minimum Gasteiger partial charge on any atom is -0.378 e. The lowest BCUT2D eigenvalue weighted by Gasteiger charge is -2.27. The second kappa shape index (κ2) is 8.27. The van der Waals surface area contributed by atoms with Crippen LogP contribution in [0.5, 0.6) is 0 Å². The Hall–Kier alpha value is -2.99. The molecule has 1 aromatic carbocycles. The van der Waals surface area contributed by atoms with E-state index in [0.717, 1.165) is 30.5 Å². The molecule has 6 nitrogen and oxygen atoms in total. The first-order valence-corrected chi connectivity index (χ1v) is 11.1. The van der Waals surface area contributed by atoms with Gasteiger partial charge >= 0.3 is 0 Å². The van der Waals surface area contributed by atoms with Gasteiger partial charge in [0.05, 0.1) is 18.7 Å². The first-order valence-electron chi connectivity index (χ1n) is 11.1. The van der Waals surface area contributed by atoms with Crippen molar-refractivity contribution < 1.29 is 9.53 Å². The molecule has 1 aliphatic carbocycles. The van der Waals surface area contributed by atoms with Crippen molar-refractivity contribution in [3.8, 4) is 0 Å². The number of carbonyl (C=O) groups excluding carboxylic acids is 1. The van der Waals surface area contributed by atoms with Crippen LogP contribution in [0.25, 0.3) is 11.0 Å². The smallest absolute Gasteiger partial charge is 0.259 e. The van der Waals surface area contributed by atoms with E-state index >= 15 is 0 Å². The van der Waals surface area contributed by atoms with Crippen LogP contribution >= 0.6 is 0 Å². The summed E-state index contributed by atoms with van der Waals surface area (Å²) in [5, 5.41) is 0. The fraction of sp³-hybridized carbons (Fsp3) is 0.400. The molecule has 5 rings (SSSR count). The number of aromatic nitrogens is 2. The van der Waals surface area contributed by atoms with E-state index in [1.807, 2.05) is 23.6 Å². The van der Waals surface area contributed by atoms with Crippen molar-refractivity contribution >= 4 is 16.9 Å². The second-order valence-corrected chi connectivity index (χ2v) is 8.48. The average molecular weight is 418 g/mol. The monoisotopic (exact) mass is 417 g/mol. The van der Waals surface area contributed by atoms with E-state index in [9.17, 15) is 9.59 Å². The molecule has 1 fully saturated rings. The Morgan fingerprint density at radius 1 is 1.10 bits per heavy atom. The molecule has 3 aromatic rings. The van der Waals surface area contributed by atoms with Crippen LogP contribution < -0.4 is 5.43 Å². The third-order valence-corrected chi connectivity index (χ3v) is 6.49. The fourth-order valence-electron chi connectivity index (χ4n) is 4.86. The second-order valence-electron chi connectivity index (χ2n) is 8.48. The highest BCUT2D eigenvalue weighted by molar-refractivity contribution is 5.96. The third kappa shape index (κ3) is 3.76. The Bertz CT molecular complexity index is 1170. The summed E-state index contributed by atoms with van der Waals surface area (Å²) in [5.41, 5.74) is 4.86. The summed E-state index contributed by atoms with van der Waals surface area (Å²) in [4.78, 5) is 32.8. The van der Waals surface area contributed by atoms with Crippen LogP contribution in [-0.2, 0) is 30.5 Å². The largest absolute Gasteiger partial charge is 0.378 e. The molecule has 0 N–H and O–H groups in total. The van der Waals surface area contributed by atoms with Crippen LogP contribution in [0.4, 0.5) is 0 Å². The van der Waals surface area contributed by atoms with Crippen LogP contribution in [-0.4, -0.2) is 46.7 Å². The third-order valence-electron chi connectivity index (χ3n) is 6.49. The first-order chi connectivity index (χ1) is 15.1. The molecule has 1 amide bonds. The number of morpholine rings is 1. The standard InChI is InChI=1S/C25H27N3O3/c1-2-27-16-21(25(30)28-9-11-31-12-10-28)24(29)23-22(27)8-7-20(26-23)15-17-13-18-5-3-4-6-19(18)14-17/h3-8,16-17H,2,9-15H2,1H3. The highest BCUT2D eigenvalue weighted by Gasteiger charge is 2.25. The molecule has 1 saturated heterocycles. The highest BCUT2D eigenvalue weighted by atomic mass is 16.5. The summed E-state index contributed by atoms with van der Waals surface area (Å²) in [7, 11) is 0. The van der Waals surface area contributed by atoms with E-state index in [4.69, 9.17) is 9.72 Å². The van der Waals surface area contributed by atoms with E-state index in [1.165, 1.54) is 11.1 Å². The number of fused-ring (bicyclic) bond motifs is 2. The average Bonchev–Trinajstić information content (AvgIpc) is 3.22. The van der Waals surface area contributed by atoms with Crippen molar-refractivity contribution in [3.05, 3.63) is 75.2 Å². The van der Waals surface area contributed by atoms with Crippen LogP contribution in [0.15, 0.2) is 47.4 Å². The van der Waals surface area contributed by atoms with Gasteiger partial charge in [-0.25, -0.2) is 4.98 Å². The van der Waals surface area contributed by atoms with Gasteiger partial charge in [0.1, 0.15) is 11.1 Å². The minimum absolute atomic E-state index is 0.203. The molecule has 0 radical (unpaired) electrons. The molecule has 1 aliphatic heterocycles. The summed E-state index contributed by atoms with van der Waals surface area (Å²) in [6, 6.07) is 12.6. The lowest BCUT2D eigenvalue weighted by molar-refractivity contribution is 0.0301. The molecule has 31 heavy (non-hydrogen) atoms. The topological polar surface area (TPSA) is 64.4 Å². The molecule has 6 heteroatoms. The summed E-state index contributed by atoms with van der Waals surface area (Å²) >= 11 is 0. The predicted molar refractivity (Wildman–Crippen MR) is 119 cm³/mol. The van der Waals surface area contributed by atoms with Crippen LogP contribution in [0.2, 0.25) is 0 Å². The number of nitrogens with zero attached hydrogens (tertiary/aromatic N) is 3. The minimum atomic E-state index is -0.271. The number of ether oxygens (including phenoxy) is 1. The molecule has 0 spiro atoms. The van der Waals surface area contributed by atoms with E-state index in [1.54, 1.807) is 11.1 Å². The zero-order chi connectivity index (χ0) is 21.4. The molecule has 3 heterocycles. The fourth-order valence-corrected chi connectivity index (χ4v) is 4.86. The van der Waals surface area contributed by atoms with Crippen molar-refractivity contribution in [2.75, 3.05) is 26.3 Å². The number of rotatable bonds is 4. The van der Waals surface area contributed by atoms with Crippen molar-refractivity contribution in [2.45, 2.75) is 32.7 Å². The quantitative estimate of drug-likeness (QED) is 0.655. The van der Waals surface area contributed by atoms with Gasteiger partial charge < -0.3 is 14.2 Å². The summed E-state index contributed by atoms with van der Waals surface area (Å²) in [6.45, 7) is 4.72. The Morgan fingerprint density at radius 2 is 1.81 bits per heavy atom. The molecule has 0 saturated carbocycles. The van der Waals surface area contributed by atoms with Crippen LogP contribution in [0.3, 0.4) is 0 Å². The highest BCUT2D eigenvalue weighted by Crippen LogP contribution is 2.29. The van der Waals surface area contributed by atoms with Crippen molar-refractivity contribution in [1.82, 2.24) is 14.5 Å². The maximum absolute atomic E-state index is 13.3. The number of hydrogen-bond donors (Lipinski definition) is 0. The summed E-state index contributed by atoms with van der Waals surface area (Å²) < 4.78 is 7.29. The number of benzene rings is 1. The van der Waals surface area contributed by atoms with Gasteiger partial charge in [0, 0.05) is 31.5 Å². The number of carbonyl (C=O) groups is 1. The molecule has 0 bridgehead atoms. The maximum Gasteiger partial charge on any atom is 0.259 e. The van der Waals surface area contributed by atoms with Gasteiger partial charge in [-0.2, -0.15) is 0 Å². The van der Waals surface area contributed by atoms with E-state index in [-0.39, 0.29) is 16.9 Å². The predicted octanol–water partition coefficient (Wildman–Crippen LogP) is 2.85. The Kier molecular flexibility index (Phi) is 5.32. The molecular weight excluding hydrogens is 390 g/mol. The lowest BCUT2D eigenvalue weighted by atomic mass is 9.99. The van der Waals surface area contributed by atoms with Gasteiger partial charge in [-0.05, 0) is 55.4 Å². The zero-order valence-corrected chi connectivity index (χ0v) is 17.8. The number of amides is 1. The van der Waals surface area contributed by atoms with Crippen molar-refractivity contribution in [2.24, 2.45) is 5.92 Å². The van der Waals surface area contributed by atoms with Crippen LogP contribution in [0, 0.1) is 5.92 Å². The normalized spacial score (nSPS) is 16.6. The number of aryl methyl sites for hydroxylation is 1. The van der Waals surface area contributed by atoms with Crippen molar-refractivity contribution in [3.63, 3.8) is 0 Å². The van der Waals surface area contributed by atoms with Gasteiger partial charge in [0.25, 0.3) is 5.91 Å². The van der Waals surface area contributed by atoms with E-state index in [0.29, 0.717) is 44.3 Å². The van der Waals surface area contributed by atoms with Gasteiger partial charge in [-0.3, -0.25) is 9.59 Å². The molecule has 160 valence electrons. The zero-order valence-electron chi connectivity index (χ0n) is 17.8. The number of hydrogen-bond acceptors (Lipinski definition) is 4. The molecular formula is C25H27N3O3. The SMILES string of the molecule is CCn1cc(C(=O)N2CCOCC2)c(=O)c2nc(CC3Cc4ccccc4C3)ccc21. The lowest BCUT2D eigenvalue weighted by Crippen LogP contribution is -2.42. The van der Waals surface area contributed by atoms with Gasteiger partial charge in [-0.1, -0.05) is 24.3 Å². The van der Waals surface area contributed by atoms with Crippen molar-refractivity contribution in [1.29, 1.82) is 0 Å².